The molecule has 4 heteroatoms. The van der Waals surface area contributed by atoms with Crippen LogP contribution in [0, 0.1) is 0 Å². The minimum atomic E-state index is 1.10. The first-order valence-electron chi connectivity index (χ1n) is 5.96. The Kier molecular flexibility index (Phi) is 1.96. The zero-order chi connectivity index (χ0) is 11.6. The molecule has 0 aromatic heterocycles. The van der Waals surface area contributed by atoms with Crippen LogP contribution < -0.4 is 0 Å². The van der Waals surface area contributed by atoms with E-state index in [0.29, 0.717) is 0 Å². The maximum absolute atomic E-state index is 2.51. The summed E-state index contributed by atoms with van der Waals surface area (Å²) in [6.45, 7) is 1.10. The zero-order valence-corrected chi connectivity index (χ0v) is 14.1. The Morgan fingerprint density at radius 2 is 1.35 bits per heavy atom. The van der Waals surface area contributed by atoms with E-state index in [1.807, 2.05) is 0 Å². The molecule has 80 valence electrons. The molecule has 1 heterocycles. The van der Waals surface area contributed by atoms with E-state index in [1.165, 1.54) is 33.3 Å². The van der Waals surface area contributed by atoms with Crippen molar-refractivity contribution in [3.8, 4) is 0 Å². The molecule has 17 heavy (non-hydrogen) atoms. The Balaban J connectivity index is 2.16. The molecule has 2 aliphatic rings. The molecule has 0 amide bonds. The Bertz CT molecular complexity index is 625. The zero-order valence-electron chi connectivity index (χ0n) is 10.1. The smallest absolute Gasteiger partial charge is 0.366 e. The van der Waals surface area contributed by atoms with Crippen molar-refractivity contribution in [1.29, 1.82) is 0 Å². The van der Waals surface area contributed by atoms with Crippen LogP contribution in [-0.4, -0.2) is 47.5 Å². The van der Waals surface area contributed by atoms with Crippen molar-refractivity contribution in [2.45, 2.75) is 0 Å². The van der Waals surface area contributed by atoms with E-state index in [0.717, 1.165) is 39.7 Å². The molecule has 2 nitrogen and oxygen atoms in total. The highest BCUT2D eigenvalue weighted by atomic mass is 27.1. The number of nitrogens with zero attached hydrogens (tertiary/aromatic N) is 2. The molecule has 2 aromatic carbocycles. The summed E-state index contributed by atoms with van der Waals surface area (Å²) < 4.78 is 5.02. The summed E-state index contributed by atoms with van der Waals surface area (Å²) in [5.74, 6) is 0. The van der Waals surface area contributed by atoms with Crippen LogP contribution in [0.1, 0.15) is 11.1 Å². The third-order valence-corrected chi connectivity index (χ3v) is 5.29. The summed E-state index contributed by atoms with van der Waals surface area (Å²) in [5.41, 5.74) is 5.86. The first-order chi connectivity index (χ1) is 8.27. The summed E-state index contributed by atoms with van der Waals surface area (Å²) in [5, 5.41) is 2.83. The molecule has 0 radical (unpaired) electrons. The minimum absolute atomic E-state index is 1.10. The molecule has 0 N–H and O–H groups in total. The van der Waals surface area contributed by atoms with Gasteiger partial charge in [-0.25, -0.2) is 0 Å². The van der Waals surface area contributed by atoms with Crippen LogP contribution in [0.2, 0.25) is 0 Å². The summed E-state index contributed by atoms with van der Waals surface area (Å²) in [6, 6.07) is 13.4. The monoisotopic (exact) mass is 250 g/mol. The van der Waals surface area contributed by atoms with Crippen molar-refractivity contribution >= 4 is 55.2 Å². The van der Waals surface area contributed by atoms with Gasteiger partial charge < -0.3 is 7.77 Å². The van der Waals surface area contributed by atoms with Gasteiger partial charge in [0.2, 0.25) is 0 Å². The van der Waals surface area contributed by atoms with Gasteiger partial charge in [0.05, 0.1) is 0 Å². The third kappa shape index (κ3) is 1.17. The fourth-order valence-corrected chi connectivity index (χ4v) is 5.54. The number of rotatable bonds is 0. The van der Waals surface area contributed by atoms with Crippen LogP contribution in [-0.2, 0) is 0 Å². The average Bonchev–Trinajstić information content (AvgIpc) is 2.81. The summed E-state index contributed by atoms with van der Waals surface area (Å²) in [7, 11) is 0. The average molecular weight is 250 g/mol. The highest BCUT2D eigenvalue weighted by Gasteiger charge is 2.31. The molecule has 1 aliphatic carbocycles. The maximum Gasteiger partial charge on any atom is 0.366 e. The van der Waals surface area contributed by atoms with Crippen LogP contribution in [0.25, 0.3) is 22.2 Å². The van der Waals surface area contributed by atoms with Gasteiger partial charge in [0, 0.05) is 34.6 Å². The van der Waals surface area contributed by atoms with Crippen molar-refractivity contribution in [2.75, 3.05) is 6.67 Å². The van der Waals surface area contributed by atoms with Gasteiger partial charge in [0.1, 0.15) is 0 Å². The highest BCUT2D eigenvalue weighted by molar-refractivity contribution is 6.25. The standard InChI is InChI=1S/C13H8N2.2Al.4H/c1-3-8-4-2-6-10-11(8)9(5-1)12-13(10)15-7-14-12;;;;;;/h1-6H,7H2;;;;;;/q-2;2*+1;;;;. The second kappa shape index (κ2) is 3.32. The molecule has 0 saturated carbocycles. The van der Waals surface area contributed by atoms with Gasteiger partial charge in [0.25, 0.3) is 0 Å². The van der Waals surface area contributed by atoms with Crippen LogP contribution in [0.15, 0.2) is 36.4 Å². The normalized spacial score (nSPS) is 17.2. The fraction of sp³-hybridized carbons (Fsp3) is 0.0769. The van der Waals surface area contributed by atoms with Gasteiger partial charge in [-0.2, -0.15) is 0 Å². The number of benzene rings is 2. The number of fused-ring (bicyclic) bond motifs is 2. The molecule has 0 unspecified atom stereocenters. The first kappa shape index (κ1) is 10.1. The van der Waals surface area contributed by atoms with Gasteiger partial charge in [-0.05, 0) is 5.39 Å². The lowest BCUT2D eigenvalue weighted by Gasteiger charge is -2.22. The molecule has 0 fully saturated rings. The lowest BCUT2D eigenvalue weighted by molar-refractivity contribution is 0.512. The third-order valence-electron chi connectivity index (χ3n) is 3.83. The quantitative estimate of drug-likeness (QED) is 0.633. The maximum atomic E-state index is 2.51. The van der Waals surface area contributed by atoms with Crippen molar-refractivity contribution in [2.24, 2.45) is 0 Å². The molecule has 0 saturated heterocycles. The van der Waals surface area contributed by atoms with Gasteiger partial charge in [-0.15, -0.1) is 0 Å². The van der Waals surface area contributed by atoms with Crippen molar-refractivity contribution in [3.05, 3.63) is 47.5 Å². The largest absolute Gasteiger partial charge is 0.453 e. The van der Waals surface area contributed by atoms with Gasteiger partial charge in [-0.3, -0.25) is 0 Å². The van der Waals surface area contributed by atoms with E-state index >= 15 is 0 Å². The Morgan fingerprint density at radius 3 is 1.88 bits per heavy atom. The lowest BCUT2D eigenvalue weighted by atomic mass is 10.0. The van der Waals surface area contributed by atoms with Crippen LogP contribution in [0.5, 0.6) is 0 Å². The van der Waals surface area contributed by atoms with Gasteiger partial charge in [0.15, 0.2) is 0 Å². The molecular formula is C13H12Al2N2. The van der Waals surface area contributed by atoms with Gasteiger partial charge in [-0.1, -0.05) is 36.4 Å². The van der Waals surface area contributed by atoms with Gasteiger partial charge >= 0.3 is 33.0 Å². The Labute approximate surface area is 117 Å². The number of hydrogen-bond acceptors (Lipinski definition) is 2. The predicted molar refractivity (Wildman–Crippen MR) is 76.4 cm³/mol. The molecule has 0 atom stereocenters. The second-order valence-electron chi connectivity index (χ2n) is 4.94. The SMILES string of the molecule is [AlH2][N]1C[N]([AlH2])C2=C1c1cccc3cccc2c13. The summed E-state index contributed by atoms with van der Waals surface area (Å²) in [6.07, 6.45) is 0. The van der Waals surface area contributed by atoms with Crippen LogP contribution >= 0.6 is 0 Å². The molecular weight excluding hydrogens is 238 g/mol. The van der Waals surface area contributed by atoms with Crippen molar-refractivity contribution < 1.29 is 0 Å². The van der Waals surface area contributed by atoms with E-state index in [-0.39, 0.29) is 0 Å². The van der Waals surface area contributed by atoms with E-state index in [2.05, 4.69) is 44.2 Å². The molecule has 4 rings (SSSR count). The Hall–Kier alpha value is -0.895. The summed E-state index contributed by atoms with van der Waals surface area (Å²) >= 11 is 2.20. The van der Waals surface area contributed by atoms with Crippen LogP contribution in [0.4, 0.5) is 0 Å². The van der Waals surface area contributed by atoms with Crippen molar-refractivity contribution in [3.63, 3.8) is 0 Å². The van der Waals surface area contributed by atoms with E-state index in [9.17, 15) is 0 Å². The molecule has 0 spiro atoms. The summed E-state index contributed by atoms with van der Waals surface area (Å²) in [4.78, 5) is 0. The first-order valence-corrected chi connectivity index (χ1v) is 7.75. The highest BCUT2D eigenvalue weighted by Crippen LogP contribution is 2.46. The predicted octanol–water partition coefficient (Wildman–Crippen LogP) is 0.650. The van der Waals surface area contributed by atoms with E-state index in [1.54, 1.807) is 0 Å². The van der Waals surface area contributed by atoms with E-state index in [4.69, 9.17) is 0 Å². The molecule has 0 bridgehead atoms. The molecule has 1 aliphatic heterocycles. The Morgan fingerprint density at radius 1 is 0.824 bits per heavy atom. The molecule has 2 aromatic rings. The minimum Gasteiger partial charge on any atom is -0.453 e. The van der Waals surface area contributed by atoms with Crippen molar-refractivity contribution in [1.82, 2.24) is 7.77 Å². The topological polar surface area (TPSA) is 6.48 Å². The fourth-order valence-electron chi connectivity index (χ4n) is 3.22. The van der Waals surface area contributed by atoms with E-state index < -0.39 is 0 Å². The lowest BCUT2D eigenvalue weighted by Crippen LogP contribution is -2.24. The van der Waals surface area contributed by atoms with Crippen LogP contribution in [0.3, 0.4) is 0 Å². The second-order valence-corrected chi connectivity index (χ2v) is 7.10. The number of hydrogen-bond donors (Lipinski definition) is 0.